The largest absolute Gasteiger partial charge is 0.394 e. The Morgan fingerprint density at radius 2 is 1.20 bits per heavy atom. The van der Waals surface area contributed by atoms with Gasteiger partial charge in [0.05, 0.1) is 25.4 Å². The van der Waals surface area contributed by atoms with Gasteiger partial charge in [0.2, 0.25) is 0 Å². The van der Waals surface area contributed by atoms with Crippen molar-refractivity contribution in [3.05, 3.63) is 0 Å². The molecule has 0 spiro atoms. The average molecular weight is 291 g/mol. The summed E-state index contributed by atoms with van der Waals surface area (Å²) in [5.41, 5.74) is 0. The van der Waals surface area contributed by atoms with Crippen molar-refractivity contribution in [3.63, 3.8) is 0 Å². The van der Waals surface area contributed by atoms with Crippen LogP contribution in [0.15, 0.2) is 0 Å². The van der Waals surface area contributed by atoms with Crippen LogP contribution in [0, 0.1) is 0 Å². The minimum atomic E-state index is -0.787. The van der Waals surface area contributed by atoms with Crippen molar-refractivity contribution in [2.45, 2.75) is 64.1 Å². The van der Waals surface area contributed by atoms with E-state index >= 15 is 0 Å². The molecule has 0 fully saturated rings. The number of unbranched alkanes of at least 4 members (excludes halogenated alkanes) is 6. The van der Waals surface area contributed by atoms with Crippen LogP contribution in [-0.2, 0) is 0 Å². The smallest absolute Gasteiger partial charge is 0.0897 e. The van der Waals surface area contributed by atoms with E-state index in [1.807, 2.05) is 4.90 Å². The van der Waals surface area contributed by atoms with E-state index < -0.39 is 12.2 Å². The molecule has 0 bridgehead atoms. The lowest BCUT2D eigenvalue weighted by Crippen LogP contribution is -2.40. The summed E-state index contributed by atoms with van der Waals surface area (Å²) in [7, 11) is 0. The molecule has 0 aromatic rings. The second-order valence-electron chi connectivity index (χ2n) is 5.55. The molecule has 4 N–H and O–H groups in total. The summed E-state index contributed by atoms with van der Waals surface area (Å²) in [5.74, 6) is 0. The van der Waals surface area contributed by atoms with Crippen molar-refractivity contribution in [1.29, 1.82) is 0 Å². The maximum absolute atomic E-state index is 9.48. The Labute approximate surface area is 123 Å². The van der Waals surface area contributed by atoms with Gasteiger partial charge in [-0.1, -0.05) is 45.4 Å². The third kappa shape index (κ3) is 11.6. The van der Waals surface area contributed by atoms with E-state index in [1.165, 1.54) is 32.1 Å². The highest BCUT2D eigenvalue weighted by Gasteiger charge is 2.14. The fourth-order valence-corrected chi connectivity index (χ4v) is 2.26. The molecule has 0 saturated carbocycles. The van der Waals surface area contributed by atoms with Gasteiger partial charge < -0.3 is 20.4 Å². The molecule has 5 nitrogen and oxygen atoms in total. The van der Waals surface area contributed by atoms with Crippen LogP contribution in [-0.4, -0.2) is 70.4 Å². The lowest BCUT2D eigenvalue weighted by molar-refractivity contribution is 0.0228. The predicted octanol–water partition coefficient (Wildman–Crippen LogP) is 0.745. The number of aliphatic hydroxyl groups excluding tert-OH is 4. The van der Waals surface area contributed by atoms with Gasteiger partial charge >= 0.3 is 0 Å². The third-order valence-electron chi connectivity index (χ3n) is 3.44. The van der Waals surface area contributed by atoms with Crippen molar-refractivity contribution >= 4 is 0 Å². The molecule has 0 amide bonds. The van der Waals surface area contributed by atoms with Gasteiger partial charge in [-0.15, -0.1) is 0 Å². The molecule has 0 heterocycles. The lowest BCUT2D eigenvalue weighted by atomic mass is 10.1. The first kappa shape index (κ1) is 19.8. The summed E-state index contributed by atoms with van der Waals surface area (Å²) in [6.45, 7) is 3.11. The zero-order chi connectivity index (χ0) is 15.2. The van der Waals surface area contributed by atoms with Gasteiger partial charge in [-0.05, 0) is 13.0 Å². The first-order chi connectivity index (χ1) is 9.63. The van der Waals surface area contributed by atoms with Crippen LogP contribution in [0.4, 0.5) is 0 Å². The molecule has 0 aromatic heterocycles. The SMILES string of the molecule is CCCCCCCCCN(CC(O)CO)CC(O)CO. The highest BCUT2D eigenvalue weighted by Crippen LogP contribution is 2.08. The van der Waals surface area contributed by atoms with Crippen LogP contribution in [0.2, 0.25) is 0 Å². The lowest BCUT2D eigenvalue weighted by Gasteiger charge is -2.26. The summed E-state index contributed by atoms with van der Waals surface area (Å²) in [6.07, 6.45) is 6.94. The molecule has 0 aliphatic heterocycles. The van der Waals surface area contributed by atoms with Crippen molar-refractivity contribution in [3.8, 4) is 0 Å². The van der Waals surface area contributed by atoms with Gasteiger partial charge in [-0.3, -0.25) is 4.90 Å². The van der Waals surface area contributed by atoms with Crippen molar-refractivity contribution in [1.82, 2.24) is 4.90 Å². The summed E-state index contributed by atoms with van der Waals surface area (Å²) in [4.78, 5) is 1.91. The highest BCUT2D eigenvalue weighted by molar-refractivity contribution is 4.68. The molecule has 0 aliphatic carbocycles. The Bertz CT molecular complexity index is 192. The molecule has 0 aromatic carbocycles. The minimum Gasteiger partial charge on any atom is -0.394 e. The first-order valence-electron chi connectivity index (χ1n) is 7.94. The van der Waals surface area contributed by atoms with E-state index in [9.17, 15) is 10.2 Å². The van der Waals surface area contributed by atoms with E-state index in [-0.39, 0.29) is 13.2 Å². The number of hydrogen-bond donors (Lipinski definition) is 4. The number of rotatable bonds is 14. The number of hydrogen-bond acceptors (Lipinski definition) is 5. The van der Waals surface area contributed by atoms with Crippen molar-refractivity contribution in [2.24, 2.45) is 0 Å². The zero-order valence-corrected chi connectivity index (χ0v) is 12.9. The predicted molar refractivity (Wildman–Crippen MR) is 80.6 cm³/mol. The van der Waals surface area contributed by atoms with Gasteiger partial charge in [0, 0.05) is 13.1 Å². The van der Waals surface area contributed by atoms with Gasteiger partial charge in [-0.25, -0.2) is 0 Å². The minimum absolute atomic E-state index is 0.275. The molecular weight excluding hydrogens is 258 g/mol. The Morgan fingerprint density at radius 1 is 0.750 bits per heavy atom. The third-order valence-corrected chi connectivity index (χ3v) is 3.44. The molecule has 0 radical (unpaired) electrons. The van der Waals surface area contributed by atoms with Crippen LogP contribution < -0.4 is 0 Å². The van der Waals surface area contributed by atoms with Gasteiger partial charge in [-0.2, -0.15) is 0 Å². The summed E-state index contributed by atoms with van der Waals surface area (Å²) < 4.78 is 0. The molecule has 2 atom stereocenters. The van der Waals surface area contributed by atoms with Gasteiger partial charge in [0.15, 0.2) is 0 Å². The molecule has 122 valence electrons. The number of nitrogens with zero attached hydrogens (tertiary/aromatic N) is 1. The second-order valence-corrected chi connectivity index (χ2v) is 5.55. The molecule has 0 saturated heterocycles. The van der Waals surface area contributed by atoms with E-state index in [4.69, 9.17) is 10.2 Å². The topological polar surface area (TPSA) is 84.2 Å². The van der Waals surface area contributed by atoms with Crippen LogP contribution >= 0.6 is 0 Å². The van der Waals surface area contributed by atoms with Gasteiger partial charge in [0.25, 0.3) is 0 Å². The highest BCUT2D eigenvalue weighted by atomic mass is 16.3. The van der Waals surface area contributed by atoms with Crippen LogP contribution in [0.5, 0.6) is 0 Å². The summed E-state index contributed by atoms with van der Waals surface area (Å²) in [5, 5.41) is 36.7. The van der Waals surface area contributed by atoms with E-state index in [2.05, 4.69) is 6.92 Å². The molecule has 5 heteroatoms. The Morgan fingerprint density at radius 3 is 1.65 bits per heavy atom. The zero-order valence-electron chi connectivity index (χ0n) is 12.9. The first-order valence-corrected chi connectivity index (χ1v) is 7.94. The molecule has 20 heavy (non-hydrogen) atoms. The van der Waals surface area contributed by atoms with Crippen LogP contribution in [0.1, 0.15) is 51.9 Å². The fraction of sp³-hybridized carbons (Fsp3) is 1.00. The quantitative estimate of drug-likeness (QED) is 0.355. The van der Waals surface area contributed by atoms with Crippen molar-refractivity contribution < 1.29 is 20.4 Å². The van der Waals surface area contributed by atoms with E-state index in [1.54, 1.807) is 0 Å². The van der Waals surface area contributed by atoms with Crippen LogP contribution in [0.25, 0.3) is 0 Å². The summed E-state index contributed by atoms with van der Waals surface area (Å²) in [6, 6.07) is 0. The van der Waals surface area contributed by atoms with E-state index in [0.717, 1.165) is 19.4 Å². The average Bonchev–Trinajstić information content (AvgIpc) is 2.45. The maximum atomic E-state index is 9.48. The summed E-state index contributed by atoms with van der Waals surface area (Å²) >= 11 is 0. The Hall–Kier alpha value is -0.200. The maximum Gasteiger partial charge on any atom is 0.0897 e. The monoisotopic (exact) mass is 291 g/mol. The Kier molecular flexibility index (Phi) is 13.6. The van der Waals surface area contributed by atoms with E-state index in [0.29, 0.717) is 13.1 Å². The molecular formula is C15H33NO4. The Balaban J connectivity index is 3.79. The van der Waals surface area contributed by atoms with Crippen LogP contribution in [0.3, 0.4) is 0 Å². The standard InChI is InChI=1S/C15H33NO4/c1-2-3-4-5-6-7-8-9-16(10-14(19)12-17)11-15(20)13-18/h14-15,17-20H,2-13H2,1H3. The molecule has 0 rings (SSSR count). The molecule has 0 aliphatic rings. The fourth-order valence-electron chi connectivity index (χ4n) is 2.26. The number of aliphatic hydroxyl groups is 4. The van der Waals surface area contributed by atoms with Gasteiger partial charge in [0.1, 0.15) is 0 Å². The second kappa shape index (κ2) is 13.8. The normalized spacial score (nSPS) is 14.7. The van der Waals surface area contributed by atoms with Crippen molar-refractivity contribution in [2.75, 3.05) is 32.8 Å². The molecule has 2 unspecified atom stereocenters.